The lowest BCUT2D eigenvalue weighted by molar-refractivity contribution is 0.102. The van der Waals surface area contributed by atoms with Crippen LogP contribution in [0.5, 0.6) is 5.75 Å². The summed E-state index contributed by atoms with van der Waals surface area (Å²) < 4.78 is 51.1. The number of rotatable bonds is 6. The third kappa shape index (κ3) is 4.42. The van der Waals surface area contributed by atoms with E-state index in [4.69, 9.17) is 9.47 Å². The summed E-state index contributed by atoms with van der Waals surface area (Å²) in [4.78, 5) is 12.7. The summed E-state index contributed by atoms with van der Waals surface area (Å²) in [6, 6.07) is 8.64. The first-order chi connectivity index (χ1) is 13.3. The Hall–Kier alpha value is -2.65. The molecule has 9 heteroatoms. The molecule has 2 aromatic carbocycles. The summed E-state index contributed by atoms with van der Waals surface area (Å²) in [5.41, 5.74) is 1.20. The van der Waals surface area contributed by atoms with Crippen LogP contribution in [0.4, 0.5) is 15.8 Å². The Bertz CT molecular complexity index is 988. The highest BCUT2D eigenvalue weighted by atomic mass is 32.2. The van der Waals surface area contributed by atoms with E-state index >= 15 is 0 Å². The summed E-state index contributed by atoms with van der Waals surface area (Å²) in [5, 5.41) is 2.03. The Kier molecular flexibility index (Phi) is 5.85. The van der Waals surface area contributed by atoms with Gasteiger partial charge in [0, 0.05) is 18.0 Å². The molecule has 0 radical (unpaired) electrons. The van der Waals surface area contributed by atoms with Crippen LogP contribution < -0.4 is 14.8 Å². The molecule has 2 N–H and O–H groups in total. The average Bonchev–Trinajstić information content (AvgIpc) is 3.20. The Labute approximate surface area is 162 Å². The average molecular weight is 408 g/mol. The zero-order valence-corrected chi connectivity index (χ0v) is 16.3. The molecule has 3 rings (SSSR count). The van der Waals surface area contributed by atoms with Gasteiger partial charge in [-0.3, -0.25) is 9.52 Å². The van der Waals surface area contributed by atoms with Gasteiger partial charge in [-0.1, -0.05) is 0 Å². The Morgan fingerprint density at radius 2 is 1.96 bits per heavy atom. The maximum Gasteiger partial charge on any atom is 0.259 e. The minimum absolute atomic E-state index is 0.142. The number of hydrogen-bond acceptors (Lipinski definition) is 5. The third-order valence-corrected chi connectivity index (χ3v) is 6.22. The van der Waals surface area contributed by atoms with E-state index in [-0.39, 0.29) is 29.4 Å². The van der Waals surface area contributed by atoms with Gasteiger partial charge < -0.3 is 14.8 Å². The Morgan fingerprint density at radius 3 is 2.61 bits per heavy atom. The van der Waals surface area contributed by atoms with Crippen LogP contribution in [0.3, 0.4) is 0 Å². The van der Waals surface area contributed by atoms with Gasteiger partial charge in [-0.2, -0.15) is 0 Å². The second-order valence-corrected chi connectivity index (χ2v) is 8.43. The maximum absolute atomic E-state index is 13.4. The van der Waals surface area contributed by atoms with Crippen molar-refractivity contribution in [2.45, 2.75) is 18.6 Å². The fourth-order valence-corrected chi connectivity index (χ4v) is 4.18. The van der Waals surface area contributed by atoms with Gasteiger partial charge in [0.1, 0.15) is 16.8 Å². The summed E-state index contributed by atoms with van der Waals surface area (Å²) in [5.74, 6) is -0.598. The number of carbonyl (C=O) groups is 1. The zero-order chi connectivity index (χ0) is 20.3. The second-order valence-electron chi connectivity index (χ2n) is 6.47. The first kappa shape index (κ1) is 20.1. The molecular formula is C19H21FN2O5S. The zero-order valence-electron chi connectivity index (χ0n) is 15.5. The van der Waals surface area contributed by atoms with E-state index in [1.165, 1.54) is 43.5 Å². The number of carbonyl (C=O) groups excluding carboxylic acids is 1. The number of sulfonamides is 1. The monoisotopic (exact) mass is 408 g/mol. The van der Waals surface area contributed by atoms with Crippen molar-refractivity contribution in [2.24, 2.45) is 0 Å². The normalized spacial score (nSPS) is 16.6. The molecule has 0 bridgehead atoms. The van der Waals surface area contributed by atoms with Crippen molar-refractivity contribution in [2.75, 3.05) is 30.4 Å². The summed E-state index contributed by atoms with van der Waals surface area (Å²) in [7, 11) is -2.22. The molecule has 0 unspecified atom stereocenters. The van der Waals surface area contributed by atoms with Crippen molar-refractivity contribution in [3.8, 4) is 5.75 Å². The number of hydrogen-bond donors (Lipinski definition) is 2. The molecule has 1 amide bonds. The molecule has 1 aliphatic heterocycles. The molecule has 1 atom stereocenters. The minimum Gasteiger partial charge on any atom is -0.496 e. The molecule has 1 fully saturated rings. The van der Waals surface area contributed by atoms with Crippen molar-refractivity contribution in [1.29, 1.82) is 0 Å². The highest BCUT2D eigenvalue weighted by molar-refractivity contribution is 7.93. The molecule has 1 saturated heterocycles. The standard InChI is InChI=1S/C19H21FN2O5S/c1-12-9-13(3-5-17(12)20)21-19(23)16-10-14(4-6-18(16)26-2)22-28(24,25)15-7-8-27-11-15/h3-6,9-10,15,22H,7-8,11H2,1-2H3,(H,21,23)/t15-/m1/s1. The number of aryl methyl sites for hydroxylation is 1. The Morgan fingerprint density at radius 1 is 1.21 bits per heavy atom. The van der Waals surface area contributed by atoms with Gasteiger partial charge >= 0.3 is 0 Å². The van der Waals surface area contributed by atoms with Gasteiger partial charge in [0.15, 0.2) is 0 Å². The largest absolute Gasteiger partial charge is 0.496 e. The van der Waals surface area contributed by atoms with Crippen molar-refractivity contribution >= 4 is 27.3 Å². The predicted octanol–water partition coefficient (Wildman–Crippen LogP) is 2.93. The number of methoxy groups -OCH3 is 1. The van der Waals surface area contributed by atoms with Crippen LogP contribution in [0.25, 0.3) is 0 Å². The number of anilines is 2. The van der Waals surface area contributed by atoms with Gasteiger partial charge in [0.05, 0.1) is 19.3 Å². The number of nitrogens with one attached hydrogen (secondary N) is 2. The number of halogens is 1. The quantitative estimate of drug-likeness (QED) is 0.767. The second kappa shape index (κ2) is 8.15. The van der Waals surface area contributed by atoms with Crippen molar-refractivity contribution in [3.05, 3.63) is 53.3 Å². The fourth-order valence-electron chi connectivity index (χ4n) is 2.88. The van der Waals surface area contributed by atoms with E-state index in [1.54, 1.807) is 6.92 Å². The van der Waals surface area contributed by atoms with Crippen molar-refractivity contribution in [1.82, 2.24) is 0 Å². The number of amides is 1. The van der Waals surface area contributed by atoms with Crippen molar-refractivity contribution in [3.63, 3.8) is 0 Å². The van der Waals surface area contributed by atoms with Gasteiger partial charge in [-0.05, 0) is 55.3 Å². The highest BCUT2D eigenvalue weighted by Crippen LogP contribution is 2.26. The maximum atomic E-state index is 13.4. The Balaban J connectivity index is 1.84. The number of benzene rings is 2. The molecule has 1 aliphatic rings. The van der Waals surface area contributed by atoms with Crippen LogP contribution in [0, 0.1) is 12.7 Å². The van der Waals surface area contributed by atoms with E-state index in [0.717, 1.165) is 0 Å². The highest BCUT2D eigenvalue weighted by Gasteiger charge is 2.30. The molecule has 2 aromatic rings. The van der Waals surface area contributed by atoms with Crippen LogP contribution in [-0.4, -0.2) is 39.9 Å². The van der Waals surface area contributed by atoms with Crippen LogP contribution in [0.15, 0.2) is 36.4 Å². The first-order valence-corrected chi connectivity index (χ1v) is 10.2. The topological polar surface area (TPSA) is 93.7 Å². The molecule has 0 spiro atoms. The SMILES string of the molecule is COc1ccc(NS(=O)(=O)[C@@H]2CCOC2)cc1C(=O)Nc1ccc(F)c(C)c1. The fraction of sp³-hybridized carbons (Fsp3) is 0.316. The smallest absolute Gasteiger partial charge is 0.259 e. The summed E-state index contributed by atoms with van der Waals surface area (Å²) in [6.07, 6.45) is 0.419. The summed E-state index contributed by atoms with van der Waals surface area (Å²) in [6.45, 7) is 2.13. The van der Waals surface area contributed by atoms with Crippen LogP contribution in [0.2, 0.25) is 0 Å². The molecule has 28 heavy (non-hydrogen) atoms. The number of ether oxygens (including phenoxy) is 2. The van der Waals surface area contributed by atoms with Crippen LogP contribution >= 0.6 is 0 Å². The van der Waals surface area contributed by atoms with Crippen LogP contribution in [0.1, 0.15) is 22.3 Å². The predicted molar refractivity (Wildman–Crippen MR) is 104 cm³/mol. The first-order valence-electron chi connectivity index (χ1n) is 8.65. The van der Waals surface area contributed by atoms with E-state index in [9.17, 15) is 17.6 Å². The van der Waals surface area contributed by atoms with E-state index in [2.05, 4.69) is 10.0 Å². The van der Waals surface area contributed by atoms with E-state index in [0.29, 0.717) is 24.3 Å². The molecule has 0 aromatic heterocycles. The van der Waals surface area contributed by atoms with E-state index in [1.807, 2.05) is 0 Å². The molecule has 1 heterocycles. The lowest BCUT2D eigenvalue weighted by atomic mass is 10.1. The van der Waals surface area contributed by atoms with Gasteiger partial charge in [0.2, 0.25) is 10.0 Å². The van der Waals surface area contributed by atoms with Gasteiger partial charge in [-0.25, -0.2) is 12.8 Å². The minimum atomic E-state index is -3.63. The molecule has 0 saturated carbocycles. The molecular weight excluding hydrogens is 387 g/mol. The lowest BCUT2D eigenvalue weighted by Gasteiger charge is -2.15. The molecule has 0 aliphatic carbocycles. The summed E-state index contributed by atoms with van der Waals surface area (Å²) >= 11 is 0. The van der Waals surface area contributed by atoms with Gasteiger partial charge in [-0.15, -0.1) is 0 Å². The van der Waals surface area contributed by atoms with E-state index < -0.39 is 21.2 Å². The van der Waals surface area contributed by atoms with Gasteiger partial charge in [0.25, 0.3) is 5.91 Å². The molecule has 7 nitrogen and oxygen atoms in total. The molecule has 150 valence electrons. The van der Waals surface area contributed by atoms with Crippen LogP contribution in [-0.2, 0) is 14.8 Å². The van der Waals surface area contributed by atoms with Crippen molar-refractivity contribution < 1.29 is 27.1 Å². The lowest BCUT2D eigenvalue weighted by Crippen LogP contribution is -2.28. The third-order valence-electron chi connectivity index (χ3n) is 4.45.